The van der Waals surface area contributed by atoms with Gasteiger partial charge in [0, 0.05) is 0 Å². The van der Waals surface area contributed by atoms with E-state index in [1.165, 1.54) is 25.7 Å². The van der Waals surface area contributed by atoms with Crippen molar-refractivity contribution in [1.82, 2.24) is 0 Å². The normalized spacial score (nSPS) is 30.5. The summed E-state index contributed by atoms with van der Waals surface area (Å²) in [5.74, 6) is 3.04. The van der Waals surface area contributed by atoms with Crippen LogP contribution < -0.4 is 4.74 Å². The molecule has 2 heteroatoms. The van der Waals surface area contributed by atoms with E-state index in [4.69, 9.17) is 4.74 Å². The van der Waals surface area contributed by atoms with Crippen LogP contribution in [-0.2, 0) is 0 Å². The zero-order valence-corrected chi connectivity index (χ0v) is 11.7. The quantitative estimate of drug-likeness (QED) is 0.868. The van der Waals surface area contributed by atoms with E-state index in [9.17, 15) is 5.11 Å². The zero-order chi connectivity index (χ0) is 13.2. The van der Waals surface area contributed by atoms with Crippen molar-refractivity contribution in [3.63, 3.8) is 0 Å². The smallest absolute Gasteiger partial charge is 0.119 e. The summed E-state index contributed by atoms with van der Waals surface area (Å²) in [7, 11) is 0. The van der Waals surface area contributed by atoms with Gasteiger partial charge >= 0.3 is 0 Å². The molecular formula is C17H24O2. The second kappa shape index (κ2) is 5.54. The van der Waals surface area contributed by atoms with Crippen molar-refractivity contribution < 1.29 is 9.84 Å². The van der Waals surface area contributed by atoms with Crippen LogP contribution in [0.4, 0.5) is 0 Å². The Labute approximate surface area is 115 Å². The largest absolute Gasteiger partial charge is 0.494 e. The lowest BCUT2D eigenvalue weighted by Gasteiger charge is -2.27. The summed E-state index contributed by atoms with van der Waals surface area (Å²) >= 11 is 0. The molecule has 3 rings (SSSR count). The fourth-order valence-electron chi connectivity index (χ4n) is 3.91. The summed E-state index contributed by atoms with van der Waals surface area (Å²) in [5.41, 5.74) is 1.06. The number of ether oxygens (including phenoxy) is 1. The maximum absolute atomic E-state index is 10.6. The highest BCUT2D eigenvalue weighted by molar-refractivity contribution is 5.29. The monoisotopic (exact) mass is 260 g/mol. The molecule has 1 aromatic rings. The molecule has 2 nitrogen and oxygen atoms in total. The Balaban J connectivity index is 1.65. The number of fused-ring (bicyclic) bond motifs is 2. The lowest BCUT2D eigenvalue weighted by atomic mass is 9.82. The molecule has 2 aliphatic rings. The van der Waals surface area contributed by atoms with Crippen molar-refractivity contribution >= 4 is 0 Å². The molecule has 0 spiro atoms. The van der Waals surface area contributed by atoms with E-state index < -0.39 is 0 Å². The van der Waals surface area contributed by atoms with Crippen LogP contribution in [0.25, 0.3) is 0 Å². The lowest BCUT2D eigenvalue weighted by molar-refractivity contribution is 0.0745. The highest BCUT2D eigenvalue weighted by atomic mass is 16.5. The maximum Gasteiger partial charge on any atom is 0.119 e. The molecule has 104 valence electrons. The fourth-order valence-corrected chi connectivity index (χ4v) is 3.91. The van der Waals surface area contributed by atoms with E-state index in [1.807, 2.05) is 24.3 Å². The Bertz CT molecular complexity index is 412. The Hall–Kier alpha value is -1.02. The Morgan fingerprint density at radius 2 is 2.00 bits per heavy atom. The van der Waals surface area contributed by atoms with Gasteiger partial charge in [-0.1, -0.05) is 25.5 Å². The number of benzene rings is 1. The molecule has 0 amide bonds. The minimum Gasteiger partial charge on any atom is -0.494 e. The highest BCUT2D eigenvalue weighted by Gasteiger charge is 2.42. The topological polar surface area (TPSA) is 29.5 Å². The third kappa shape index (κ3) is 2.64. The second-order valence-corrected chi connectivity index (χ2v) is 6.20. The zero-order valence-electron chi connectivity index (χ0n) is 11.7. The summed E-state index contributed by atoms with van der Waals surface area (Å²) in [6.45, 7) is 2.86. The third-order valence-corrected chi connectivity index (χ3v) is 4.89. The first-order chi connectivity index (χ1) is 9.28. The van der Waals surface area contributed by atoms with Crippen LogP contribution in [0.15, 0.2) is 24.3 Å². The fraction of sp³-hybridized carbons (Fsp3) is 0.647. The van der Waals surface area contributed by atoms with Crippen LogP contribution in [-0.4, -0.2) is 11.7 Å². The molecule has 1 N–H and O–H groups in total. The molecule has 0 heterocycles. The Morgan fingerprint density at radius 1 is 1.21 bits per heavy atom. The van der Waals surface area contributed by atoms with E-state index >= 15 is 0 Å². The molecular weight excluding hydrogens is 236 g/mol. The van der Waals surface area contributed by atoms with E-state index in [0.29, 0.717) is 5.92 Å². The van der Waals surface area contributed by atoms with Crippen molar-refractivity contribution in [2.75, 3.05) is 6.61 Å². The first kappa shape index (κ1) is 13.0. The number of rotatable bonds is 5. The summed E-state index contributed by atoms with van der Waals surface area (Å²) in [5, 5.41) is 10.6. The minimum absolute atomic E-state index is 0.282. The van der Waals surface area contributed by atoms with Crippen LogP contribution in [0.5, 0.6) is 5.75 Å². The molecule has 1 aromatic carbocycles. The number of hydrogen-bond donors (Lipinski definition) is 1. The summed E-state index contributed by atoms with van der Waals surface area (Å²) < 4.78 is 5.58. The van der Waals surface area contributed by atoms with Gasteiger partial charge in [0.25, 0.3) is 0 Å². The predicted molar refractivity (Wildman–Crippen MR) is 76.1 cm³/mol. The van der Waals surface area contributed by atoms with Crippen LogP contribution in [0.2, 0.25) is 0 Å². The van der Waals surface area contributed by atoms with Crippen molar-refractivity contribution in [2.24, 2.45) is 17.8 Å². The van der Waals surface area contributed by atoms with Crippen molar-refractivity contribution in [1.29, 1.82) is 0 Å². The Kier molecular flexibility index (Phi) is 3.79. The molecule has 0 aliphatic heterocycles. The Morgan fingerprint density at radius 3 is 2.58 bits per heavy atom. The van der Waals surface area contributed by atoms with Crippen LogP contribution >= 0.6 is 0 Å². The number of aliphatic hydroxyl groups excluding tert-OH is 1. The first-order valence-electron chi connectivity index (χ1n) is 7.68. The van der Waals surface area contributed by atoms with Crippen molar-refractivity contribution in [3.8, 4) is 5.75 Å². The highest BCUT2D eigenvalue weighted by Crippen LogP contribution is 2.52. The van der Waals surface area contributed by atoms with Gasteiger partial charge in [0.1, 0.15) is 5.75 Å². The van der Waals surface area contributed by atoms with Gasteiger partial charge in [0.2, 0.25) is 0 Å². The van der Waals surface area contributed by atoms with Gasteiger partial charge < -0.3 is 9.84 Å². The van der Waals surface area contributed by atoms with E-state index in [-0.39, 0.29) is 6.10 Å². The third-order valence-electron chi connectivity index (χ3n) is 4.89. The van der Waals surface area contributed by atoms with Crippen LogP contribution in [0.1, 0.15) is 50.7 Å². The molecule has 4 atom stereocenters. The van der Waals surface area contributed by atoms with Crippen LogP contribution in [0, 0.1) is 17.8 Å². The second-order valence-electron chi connectivity index (χ2n) is 6.20. The van der Waals surface area contributed by atoms with Gasteiger partial charge in [0.05, 0.1) is 12.7 Å². The van der Waals surface area contributed by atoms with Gasteiger partial charge in [-0.05, 0) is 61.1 Å². The summed E-state index contributed by atoms with van der Waals surface area (Å²) in [4.78, 5) is 0. The van der Waals surface area contributed by atoms with Gasteiger partial charge in [-0.3, -0.25) is 0 Å². The van der Waals surface area contributed by atoms with Gasteiger partial charge in [-0.25, -0.2) is 0 Å². The molecule has 0 aromatic heterocycles. The van der Waals surface area contributed by atoms with E-state index in [0.717, 1.165) is 36.2 Å². The molecule has 2 aliphatic carbocycles. The summed E-state index contributed by atoms with van der Waals surface area (Å²) in [6, 6.07) is 8.03. The van der Waals surface area contributed by atoms with Gasteiger partial charge in [-0.2, -0.15) is 0 Å². The molecule has 2 bridgehead atoms. The number of hydrogen-bond acceptors (Lipinski definition) is 2. The minimum atomic E-state index is -0.282. The standard InChI is InChI=1S/C17H24O2/c1-2-9-19-15-7-5-13(6-8-15)17(18)16-11-12-3-4-14(16)10-12/h5-8,12,14,16-18H,2-4,9-11H2,1H3. The molecule has 19 heavy (non-hydrogen) atoms. The molecule has 2 saturated carbocycles. The van der Waals surface area contributed by atoms with Crippen molar-refractivity contribution in [2.45, 2.75) is 45.1 Å². The van der Waals surface area contributed by atoms with E-state index in [1.54, 1.807) is 0 Å². The van der Waals surface area contributed by atoms with Gasteiger partial charge in [-0.15, -0.1) is 0 Å². The predicted octanol–water partition coefficient (Wildman–Crippen LogP) is 3.95. The lowest BCUT2D eigenvalue weighted by Crippen LogP contribution is -2.19. The molecule has 0 radical (unpaired) electrons. The number of aliphatic hydroxyl groups is 1. The van der Waals surface area contributed by atoms with Crippen LogP contribution in [0.3, 0.4) is 0 Å². The molecule has 4 unspecified atom stereocenters. The summed E-state index contributed by atoms with van der Waals surface area (Å²) in [6.07, 6.45) is 6.02. The SMILES string of the molecule is CCCOc1ccc(C(O)C2CC3CCC2C3)cc1. The molecule has 0 saturated heterocycles. The molecule has 2 fully saturated rings. The van der Waals surface area contributed by atoms with Crippen molar-refractivity contribution in [3.05, 3.63) is 29.8 Å². The van der Waals surface area contributed by atoms with E-state index in [2.05, 4.69) is 6.92 Å². The average molecular weight is 260 g/mol. The maximum atomic E-state index is 10.6. The van der Waals surface area contributed by atoms with Gasteiger partial charge in [0.15, 0.2) is 0 Å². The average Bonchev–Trinajstić information content (AvgIpc) is 3.07. The first-order valence-corrected chi connectivity index (χ1v) is 7.68.